The van der Waals surface area contributed by atoms with Crippen LogP contribution in [0.25, 0.3) is 0 Å². The molecular formula is C21H26N4O4. The van der Waals surface area contributed by atoms with E-state index in [4.69, 9.17) is 0 Å². The Morgan fingerprint density at radius 1 is 1.14 bits per heavy atom. The summed E-state index contributed by atoms with van der Waals surface area (Å²) >= 11 is 0. The first-order valence-corrected chi connectivity index (χ1v) is 10.2. The van der Waals surface area contributed by atoms with Crippen LogP contribution >= 0.6 is 0 Å². The van der Waals surface area contributed by atoms with Crippen molar-refractivity contribution < 1.29 is 19.2 Å². The standard InChI is InChI=1S/C21H26N4O4/c1-22-10-13-4-3-9-24(11-13)12-14-5-2-6-15-18(14)21(29)25(20(15)28)16-7-8-17(26)23-19(16)27/h2,5-6,13,16,22H,3-4,7-12H2,1H3,(H,23,26,27). The third-order valence-corrected chi connectivity index (χ3v) is 6.04. The normalized spacial score (nSPS) is 25.3. The van der Waals surface area contributed by atoms with Crippen molar-refractivity contribution in [3.8, 4) is 0 Å². The molecule has 2 fully saturated rings. The topological polar surface area (TPSA) is 98.8 Å². The van der Waals surface area contributed by atoms with Crippen LogP contribution in [-0.2, 0) is 16.1 Å². The fourth-order valence-corrected chi connectivity index (χ4v) is 4.71. The number of amides is 4. The number of likely N-dealkylation sites (tertiary alicyclic amines) is 1. The Labute approximate surface area is 169 Å². The molecule has 8 nitrogen and oxygen atoms in total. The zero-order valence-electron chi connectivity index (χ0n) is 16.6. The maximum Gasteiger partial charge on any atom is 0.262 e. The third kappa shape index (κ3) is 3.70. The fraction of sp³-hybridized carbons (Fsp3) is 0.524. The van der Waals surface area contributed by atoms with Crippen molar-refractivity contribution in [1.29, 1.82) is 0 Å². The first-order chi connectivity index (χ1) is 14.0. The minimum absolute atomic E-state index is 0.122. The molecule has 0 radical (unpaired) electrons. The number of rotatable bonds is 5. The molecule has 2 atom stereocenters. The van der Waals surface area contributed by atoms with Gasteiger partial charge in [0.2, 0.25) is 11.8 Å². The van der Waals surface area contributed by atoms with Gasteiger partial charge in [-0.05, 0) is 56.9 Å². The fourth-order valence-electron chi connectivity index (χ4n) is 4.71. The highest BCUT2D eigenvalue weighted by molar-refractivity contribution is 6.24. The van der Waals surface area contributed by atoms with Crippen LogP contribution in [0.15, 0.2) is 18.2 Å². The van der Waals surface area contributed by atoms with Gasteiger partial charge in [0, 0.05) is 19.5 Å². The number of benzene rings is 1. The molecule has 1 aromatic carbocycles. The van der Waals surface area contributed by atoms with Crippen LogP contribution < -0.4 is 10.6 Å². The lowest BCUT2D eigenvalue weighted by Gasteiger charge is -2.33. The van der Waals surface area contributed by atoms with Gasteiger partial charge < -0.3 is 5.32 Å². The Morgan fingerprint density at radius 3 is 2.72 bits per heavy atom. The summed E-state index contributed by atoms with van der Waals surface area (Å²) in [5.41, 5.74) is 1.57. The van der Waals surface area contributed by atoms with Crippen LogP contribution in [0.3, 0.4) is 0 Å². The lowest BCUT2D eigenvalue weighted by atomic mass is 9.96. The number of hydrogen-bond donors (Lipinski definition) is 2. The van der Waals surface area contributed by atoms with Crippen LogP contribution in [0.4, 0.5) is 0 Å². The summed E-state index contributed by atoms with van der Waals surface area (Å²) in [4.78, 5) is 53.1. The average Bonchev–Trinajstić information content (AvgIpc) is 2.94. The molecule has 3 heterocycles. The number of carbonyl (C=O) groups excluding carboxylic acids is 4. The van der Waals surface area contributed by atoms with Gasteiger partial charge in [0.15, 0.2) is 0 Å². The maximum absolute atomic E-state index is 13.2. The van der Waals surface area contributed by atoms with E-state index in [1.807, 2.05) is 13.1 Å². The third-order valence-electron chi connectivity index (χ3n) is 6.04. The van der Waals surface area contributed by atoms with E-state index in [-0.39, 0.29) is 18.7 Å². The van der Waals surface area contributed by atoms with E-state index in [1.165, 1.54) is 6.42 Å². The van der Waals surface area contributed by atoms with Crippen molar-refractivity contribution in [2.45, 2.75) is 38.3 Å². The summed E-state index contributed by atoms with van der Waals surface area (Å²) < 4.78 is 0. The summed E-state index contributed by atoms with van der Waals surface area (Å²) in [6.45, 7) is 3.47. The molecule has 2 saturated heterocycles. The first kappa shape index (κ1) is 19.7. The van der Waals surface area contributed by atoms with E-state index >= 15 is 0 Å². The second-order valence-electron chi connectivity index (χ2n) is 8.09. The van der Waals surface area contributed by atoms with Crippen LogP contribution in [0.1, 0.15) is 52.0 Å². The zero-order chi connectivity index (χ0) is 20.5. The first-order valence-electron chi connectivity index (χ1n) is 10.2. The van der Waals surface area contributed by atoms with Gasteiger partial charge in [0.1, 0.15) is 6.04 Å². The molecule has 0 aromatic heterocycles. The van der Waals surface area contributed by atoms with Crippen molar-refractivity contribution in [2.24, 2.45) is 5.92 Å². The Hall–Kier alpha value is -2.58. The molecule has 0 bridgehead atoms. The number of piperidine rings is 2. The highest BCUT2D eigenvalue weighted by Crippen LogP contribution is 2.31. The van der Waals surface area contributed by atoms with Crippen LogP contribution in [0, 0.1) is 5.92 Å². The lowest BCUT2D eigenvalue weighted by Crippen LogP contribution is -2.54. The van der Waals surface area contributed by atoms with E-state index in [0.29, 0.717) is 23.6 Å². The largest absolute Gasteiger partial charge is 0.319 e. The van der Waals surface area contributed by atoms with E-state index in [9.17, 15) is 19.2 Å². The van der Waals surface area contributed by atoms with E-state index < -0.39 is 23.8 Å². The smallest absolute Gasteiger partial charge is 0.262 e. The summed E-state index contributed by atoms with van der Waals surface area (Å²) in [6, 6.07) is 4.40. The molecule has 4 rings (SSSR count). The van der Waals surface area contributed by atoms with Gasteiger partial charge in [-0.25, -0.2) is 0 Å². The van der Waals surface area contributed by atoms with Gasteiger partial charge in [-0.1, -0.05) is 12.1 Å². The minimum Gasteiger partial charge on any atom is -0.319 e. The molecule has 4 amide bonds. The number of imide groups is 2. The molecule has 8 heteroatoms. The van der Waals surface area contributed by atoms with E-state index in [2.05, 4.69) is 15.5 Å². The monoisotopic (exact) mass is 398 g/mol. The molecule has 0 aliphatic carbocycles. The Bertz CT molecular complexity index is 866. The quantitative estimate of drug-likeness (QED) is 0.702. The number of fused-ring (bicyclic) bond motifs is 1. The summed E-state index contributed by atoms with van der Waals surface area (Å²) in [7, 11) is 1.96. The van der Waals surface area contributed by atoms with Gasteiger partial charge >= 0.3 is 0 Å². The van der Waals surface area contributed by atoms with Crippen LogP contribution in [0.5, 0.6) is 0 Å². The van der Waals surface area contributed by atoms with Gasteiger partial charge in [-0.3, -0.25) is 34.3 Å². The van der Waals surface area contributed by atoms with Crippen molar-refractivity contribution >= 4 is 23.6 Å². The molecular weight excluding hydrogens is 372 g/mol. The van der Waals surface area contributed by atoms with Gasteiger partial charge in [-0.15, -0.1) is 0 Å². The molecule has 3 aliphatic rings. The van der Waals surface area contributed by atoms with Crippen molar-refractivity contribution in [3.05, 3.63) is 34.9 Å². The molecule has 29 heavy (non-hydrogen) atoms. The predicted molar refractivity (Wildman–Crippen MR) is 105 cm³/mol. The predicted octanol–water partition coefficient (Wildman–Crippen LogP) is 0.519. The second kappa shape index (κ2) is 8.04. The number of nitrogens with one attached hydrogen (secondary N) is 2. The Balaban J connectivity index is 1.56. The average molecular weight is 398 g/mol. The van der Waals surface area contributed by atoms with Crippen LogP contribution in [-0.4, -0.2) is 66.2 Å². The highest BCUT2D eigenvalue weighted by atomic mass is 16.2. The van der Waals surface area contributed by atoms with Gasteiger partial charge in [0.25, 0.3) is 11.8 Å². The van der Waals surface area contributed by atoms with Gasteiger partial charge in [0.05, 0.1) is 11.1 Å². The van der Waals surface area contributed by atoms with Crippen molar-refractivity contribution in [2.75, 3.05) is 26.7 Å². The molecule has 1 aromatic rings. The Morgan fingerprint density at radius 2 is 1.97 bits per heavy atom. The molecule has 2 unspecified atom stereocenters. The molecule has 0 spiro atoms. The minimum atomic E-state index is -0.928. The maximum atomic E-state index is 13.2. The summed E-state index contributed by atoms with van der Waals surface area (Å²) in [6.07, 6.45) is 2.59. The molecule has 3 aliphatic heterocycles. The lowest BCUT2D eigenvalue weighted by molar-refractivity contribution is -0.136. The molecule has 0 saturated carbocycles. The van der Waals surface area contributed by atoms with Crippen LogP contribution in [0.2, 0.25) is 0 Å². The number of nitrogens with zero attached hydrogens (tertiary/aromatic N) is 2. The number of carbonyl (C=O) groups is 4. The molecule has 2 N–H and O–H groups in total. The molecule has 154 valence electrons. The zero-order valence-corrected chi connectivity index (χ0v) is 16.6. The summed E-state index contributed by atoms with van der Waals surface area (Å²) in [5, 5.41) is 5.46. The van der Waals surface area contributed by atoms with Crippen molar-refractivity contribution in [1.82, 2.24) is 20.4 Å². The highest BCUT2D eigenvalue weighted by Gasteiger charge is 2.45. The van der Waals surface area contributed by atoms with Crippen molar-refractivity contribution in [3.63, 3.8) is 0 Å². The van der Waals surface area contributed by atoms with E-state index in [1.54, 1.807) is 12.1 Å². The van der Waals surface area contributed by atoms with E-state index in [0.717, 1.165) is 36.5 Å². The summed E-state index contributed by atoms with van der Waals surface area (Å²) in [5.74, 6) is -1.26. The SMILES string of the molecule is CNCC1CCCN(Cc2cccc3c2C(=O)N(C2CCC(=O)NC2=O)C3=O)C1. The number of hydrogen-bond acceptors (Lipinski definition) is 6. The Kier molecular flexibility index (Phi) is 5.47. The second-order valence-corrected chi connectivity index (χ2v) is 8.09. The van der Waals surface area contributed by atoms with Gasteiger partial charge in [-0.2, -0.15) is 0 Å².